The smallest absolute Gasteiger partial charge is 0.263 e. The van der Waals surface area contributed by atoms with Crippen LogP contribution in [0.15, 0.2) is 47.5 Å². The lowest BCUT2D eigenvalue weighted by molar-refractivity contribution is 0.598. The quantitative estimate of drug-likeness (QED) is 0.618. The van der Waals surface area contributed by atoms with Crippen molar-refractivity contribution in [3.8, 4) is 17.3 Å². The largest absolute Gasteiger partial charge is 0.360 e. The maximum Gasteiger partial charge on any atom is 0.263 e. The molecular weight excluding hydrogens is 419 g/mol. The number of aromatic amines is 1. The van der Waals surface area contributed by atoms with E-state index in [-0.39, 0.29) is 31.8 Å². The number of aromatic nitrogens is 1. The van der Waals surface area contributed by atoms with Crippen LogP contribution in [-0.4, -0.2) is 13.4 Å². The summed E-state index contributed by atoms with van der Waals surface area (Å²) < 4.78 is 55.0. The lowest BCUT2D eigenvalue weighted by atomic mass is 10.1. The number of hydrogen-bond donors (Lipinski definition) is 2. The number of sulfonamides is 1. The second-order valence-corrected chi connectivity index (χ2v) is 7.93. The average molecular weight is 428 g/mol. The number of hydrogen-bond acceptors (Lipinski definition) is 3. The van der Waals surface area contributed by atoms with Gasteiger partial charge >= 0.3 is 0 Å². The van der Waals surface area contributed by atoms with Gasteiger partial charge in [-0.05, 0) is 36.4 Å². The van der Waals surface area contributed by atoms with Gasteiger partial charge in [-0.3, -0.25) is 4.72 Å². The molecule has 0 saturated carbocycles. The highest BCUT2D eigenvalue weighted by Crippen LogP contribution is 2.29. The summed E-state index contributed by atoms with van der Waals surface area (Å²) in [6, 6.07) is 8.54. The van der Waals surface area contributed by atoms with Crippen molar-refractivity contribution in [2.24, 2.45) is 0 Å². The van der Waals surface area contributed by atoms with Gasteiger partial charge in [0.25, 0.3) is 10.0 Å². The molecule has 0 aliphatic heterocycles. The zero-order valence-corrected chi connectivity index (χ0v) is 15.6. The second kappa shape index (κ2) is 7.19. The number of nitrogens with one attached hydrogen (secondary N) is 2. The maximum absolute atomic E-state index is 14.0. The predicted molar refractivity (Wildman–Crippen MR) is 98.1 cm³/mol. The zero-order valence-electron chi connectivity index (χ0n) is 13.2. The number of benzene rings is 2. The van der Waals surface area contributed by atoms with Gasteiger partial charge in [0.2, 0.25) is 0 Å². The summed E-state index contributed by atoms with van der Waals surface area (Å²) in [4.78, 5) is 2.39. The van der Waals surface area contributed by atoms with E-state index in [1.54, 1.807) is 6.07 Å². The first-order valence-electron chi connectivity index (χ1n) is 7.27. The fraction of sp³-hybridized carbons (Fsp3) is 0. The third kappa shape index (κ3) is 3.90. The average Bonchev–Trinajstić information content (AvgIpc) is 3.10. The highest BCUT2D eigenvalue weighted by Gasteiger charge is 2.20. The summed E-state index contributed by atoms with van der Waals surface area (Å²) >= 11 is 11.6. The molecule has 0 spiro atoms. The fourth-order valence-corrected chi connectivity index (χ4v) is 3.73. The lowest BCUT2D eigenvalue weighted by Gasteiger charge is -2.08. The van der Waals surface area contributed by atoms with Gasteiger partial charge in [-0.1, -0.05) is 23.2 Å². The first-order chi connectivity index (χ1) is 12.7. The summed E-state index contributed by atoms with van der Waals surface area (Å²) in [5, 5.41) is 8.98. The molecule has 0 aliphatic rings. The number of nitrogens with zero attached hydrogens (tertiary/aromatic N) is 1. The molecule has 2 N–H and O–H groups in total. The molecule has 3 rings (SSSR count). The number of anilines is 1. The van der Waals surface area contributed by atoms with E-state index in [9.17, 15) is 17.2 Å². The normalized spacial score (nSPS) is 11.2. The van der Waals surface area contributed by atoms with E-state index in [1.165, 1.54) is 18.2 Å². The van der Waals surface area contributed by atoms with Crippen LogP contribution in [0.3, 0.4) is 0 Å². The third-order valence-electron chi connectivity index (χ3n) is 3.61. The van der Waals surface area contributed by atoms with Crippen LogP contribution in [0, 0.1) is 23.0 Å². The van der Waals surface area contributed by atoms with Gasteiger partial charge in [0.15, 0.2) is 0 Å². The van der Waals surface area contributed by atoms with Crippen LogP contribution in [-0.2, 0) is 10.0 Å². The first-order valence-corrected chi connectivity index (χ1v) is 9.51. The molecule has 1 aromatic heterocycles. The molecule has 0 unspecified atom stereocenters. The van der Waals surface area contributed by atoms with Crippen molar-refractivity contribution in [1.29, 1.82) is 5.26 Å². The van der Waals surface area contributed by atoms with Gasteiger partial charge in [0.1, 0.15) is 22.6 Å². The maximum atomic E-state index is 14.0. The SMILES string of the molecule is N#Cc1cc(F)c(NS(=O)(=O)c2c[nH]c(-c3cc(Cl)ccc3F)c2)cc1Cl. The first kappa shape index (κ1) is 19.2. The number of halogens is 4. The molecule has 0 atom stereocenters. The van der Waals surface area contributed by atoms with Gasteiger partial charge in [-0.15, -0.1) is 0 Å². The van der Waals surface area contributed by atoms with Crippen molar-refractivity contribution >= 4 is 38.9 Å². The summed E-state index contributed by atoms with van der Waals surface area (Å²) in [5.41, 5.74) is -0.293. The Morgan fingerprint density at radius 2 is 1.81 bits per heavy atom. The van der Waals surface area contributed by atoms with Gasteiger partial charge < -0.3 is 4.98 Å². The van der Waals surface area contributed by atoms with Crippen LogP contribution in [0.5, 0.6) is 0 Å². The molecular formula is C17H9Cl2F2N3O2S. The van der Waals surface area contributed by atoms with E-state index in [0.717, 1.165) is 24.4 Å². The molecule has 5 nitrogen and oxygen atoms in total. The number of rotatable bonds is 4. The lowest BCUT2D eigenvalue weighted by Crippen LogP contribution is -2.13. The Morgan fingerprint density at radius 3 is 2.52 bits per heavy atom. The fourth-order valence-electron chi connectivity index (χ4n) is 2.30. The van der Waals surface area contributed by atoms with E-state index >= 15 is 0 Å². The minimum absolute atomic E-state index is 0.0801. The van der Waals surface area contributed by atoms with Crippen LogP contribution < -0.4 is 4.72 Å². The van der Waals surface area contributed by atoms with E-state index < -0.39 is 27.3 Å². The third-order valence-corrected chi connectivity index (χ3v) is 5.50. The van der Waals surface area contributed by atoms with Crippen LogP contribution in [0.2, 0.25) is 10.0 Å². The summed E-state index contributed by atoms with van der Waals surface area (Å²) in [6.07, 6.45) is 1.13. The Morgan fingerprint density at radius 1 is 1.07 bits per heavy atom. The molecule has 0 aliphatic carbocycles. The number of nitriles is 1. The molecule has 2 aromatic carbocycles. The molecule has 3 aromatic rings. The minimum atomic E-state index is -4.20. The summed E-state index contributed by atoms with van der Waals surface area (Å²) in [5.74, 6) is -1.56. The molecule has 138 valence electrons. The molecule has 0 fully saturated rings. The molecule has 0 radical (unpaired) electrons. The van der Waals surface area contributed by atoms with Crippen molar-refractivity contribution in [3.05, 3.63) is 69.8 Å². The van der Waals surface area contributed by atoms with E-state index in [4.69, 9.17) is 28.5 Å². The Hall–Kier alpha value is -2.60. The topological polar surface area (TPSA) is 85.8 Å². The monoisotopic (exact) mass is 427 g/mol. The summed E-state index contributed by atoms with van der Waals surface area (Å²) in [7, 11) is -4.20. The minimum Gasteiger partial charge on any atom is -0.360 e. The predicted octanol–water partition coefficient (Wildman–Crippen LogP) is 4.94. The van der Waals surface area contributed by atoms with Crippen molar-refractivity contribution in [1.82, 2.24) is 4.98 Å². The van der Waals surface area contributed by atoms with E-state index in [0.29, 0.717) is 0 Å². The highest BCUT2D eigenvalue weighted by atomic mass is 35.5. The van der Waals surface area contributed by atoms with Crippen molar-refractivity contribution in [2.75, 3.05) is 4.72 Å². The Labute approximate surface area is 163 Å². The highest BCUT2D eigenvalue weighted by molar-refractivity contribution is 7.92. The van der Waals surface area contributed by atoms with E-state index in [2.05, 4.69) is 4.98 Å². The van der Waals surface area contributed by atoms with Crippen LogP contribution in [0.4, 0.5) is 14.5 Å². The molecule has 1 heterocycles. The van der Waals surface area contributed by atoms with Gasteiger partial charge in [-0.2, -0.15) is 5.26 Å². The number of H-pyrrole nitrogens is 1. The standard InChI is InChI=1S/C17H9Cl2F2N3O2S/c18-10-1-2-14(20)12(4-10)16-5-11(8-23-16)27(25,26)24-17-6-13(19)9(7-22)3-15(17)21/h1-6,8,23-24H. The van der Waals surface area contributed by atoms with Crippen molar-refractivity contribution in [2.45, 2.75) is 4.90 Å². The van der Waals surface area contributed by atoms with Crippen LogP contribution >= 0.6 is 23.2 Å². The van der Waals surface area contributed by atoms with E-state index in [1.807, 2.05) is 4.72 Å². The van der Waals surface area contributed by atoms with Crippen LogP contribution in [0.1, 0.15) is 5.56 Å². The van der Waals surface area contributed by atoms with Gasteiger partial charge in [0.05, 0.1) is 16.3 Å². The Bertz CT molecular complexity index is 1190. The Kier molecular flexibility index (Phi) is 5.11. The van der Waals surface area contributed by atoms with Gasteiger partial charge in [0, 0.05) is 22.5 Å². The Balaban J connectivity index is 1.96. The molecule has 0 bridgehead atoms. The molecule has 0 saturated heterocycles. The summed E-state index contributed by atoms with van der Waals surface area (Å²) in [6.45, 7) is 0. The second-order valence-electron chi connectivity index (χ2n) is 5.40. The van der Waals surface area contributed by atoms with Crippen LogP contribution in [0.25, 0.3) is 11.3 Å². The van der Waals surface area contributed by atoms with Gasteiger partial charge in [-0.25, -0.2) is 17.2 Å². The molecule has 10 heteroatoms. The molecule has 0 amide bonds. The zero-order chi connectivity index (χ0) is 19.8. The van der Waals surface area contributed by atoms with Crippen molar-refractivity contribution < 1.29 is 17.2 Å². The molecule has 27 heavy (non-hydrogen) atoms. The van der Waals surface area contributed by atoms with Crippen molar-refractivity contribution in [3.63, 3.8) is 0 Å².